The molecule has 0 unspecified atom stereocenters. The SMILES string of the molecule is O=C(CSCc1ccccc1)c1cccc([N+](=O)[O-])c1. The summed E-state index contributed by atoms with van der Waals surface area (Å²) in [5, 5.41) is 10.7. The van der Waals surface area contributed by atoms with Crippen molar-refractivity contribution in [1.82, 2.24) is 0 Å². The molecule has 0 fully saturated rings. The van der Waals surface area contributed by atoms with Crippen LogP contribution in [0.2, 0.25) is 0 Å². The van der Waals surface area contributed by atoms with E-state index in [9.17, 15) is 14.9 Å². The summed E-state index contributed by atoms with van der Waals surface area (Å²) in [6.45, 7) is 0. The van der Waals surface area contributed by atoms with E-state index in [1.165, 1.54) is 30.0 Å². The first-order chi connectivity index (χ1) is 9.66. The van der Waals surface area contributed by atoms with Gasteiger partial charge in [-0.05, 0) is 5.56 Å². The Morgan fingerprint density at radius 1 is 1.10 bits per heavy atom. The summed E-state index contributed by atoms with van der Waals surface area (Å²) in [5.74, 6) is 0.979. The van der Waals surface area contributed by atoms with Gasteiger partial charge in [0.15, 0.2) is 5.78 Å². The summed E-state index contributed by atoms with van der Waals surface area (Å²) in [6, 6.07) is 15.7. The highest BCUT2D eigenvalue weighted by molar-refractivity contribution is 7.99. The average Bonchev–Trinajstić information content (AvgIpc) is 2.48. The van der Waals surface area contributed by atoms with E-state index < -0.39 is 4.92 Å². The summed E-state index contributed by atoms with van der Waals surface area (Å²) >= 11 is 1.50. The number of thioether (sulfide) groups is 1. The molecule has 0 saturated carbocycles. The molecular formula is C15H13NO3S. The Kier molecular flexibility index (Phi) is 4.90. The lowest BCUT2D eigenvalue weighted by Crippen LogP contribution is -2.03. The number of hydrogen-bond donors (Lipinski definition) is 0. The molecule has 0 saturated heterocycles. The van der Waals surface area contributed by atoms with Gasteiger partial charge in [-0.2, -0.15) is 0 Å². The van der Waals surface area contributed by atoms with Gasteiger partial charge in [0.1, 0.15) is 0 Å². The number of hydrogen-bond acceptors (Lipinski definition) is 4. The number of rotatable bonds is 6. The zero-order chi connectivity index (χ0) is 14.4. The summed E-state index contributed by atoms with van der Waals surface area (Å²) in [6.07, 6.45) is 0. The first kappa shape index (κ1) is 14.3. The zero-order valence-corrected chi connectivity index (χ0v) is 11.5. The maximum Gasteiger partial charge on any atom is 0.270 e. The van der Waals surface area contributed by atoms with Crippen LogP contribution in [0.4, 0.5) is 5.69 Å². The number of ketones is 1. The number of Topliss-reactive ketones (excluding diaryl/α,β-unsaturated/α-hetero) is 1. The highest BCUT2D eigenvalue weighted by Crippen LogP contribution is 2.17. The predicted octanol–water partition coefficient (Wildman–Crippen LogP) is 3.71. The van der Waals surface area contributed by atoms with Crippen LogP contribution in [-0.4, -0.2) is 16.5 Å². The van der Waals surface area contributed by atoms with Crippen LogP contribution < -0.4 is 0 Å². The van der Waals surface area contributed by atoms with Crippen molar-refractivity contribution in [3.63, 3.8) is 0 Å². The van der Waals surface area contributed by atoms with E-state index in [1.807, 2.05) is 30.3 Å². The van der Waals surface area contributed by atoms with E-state index in [4.69, 9.17) is 0 Å². The number of carbonyl (C=O) groups excluding carboxylic acids is 1. The van der Waals surface area contributed by atoms with Crippen molar-refractivity contribution in [3.05, 3.63) is 75.8 Å². The molecule has 4 nitrogen and oxygen atoms in total. The largest absolute Gasteiger partial charge is 0.293 e. The number of benzene rings is 2. The van der Waals surface area contributed by atoms with E-state index >= 15 is 0 Å². The molecule has 5 heteroatoms. The first-order valence-corrected chi connectivity index (χ1v) is 7.21. The minimum Gasteiger partial charge on any atom is -0.293 e. The first-order valence-electron chi connectivity index (χ1n) is 6.06. The lowest BCUT2D eigenvalue weighted by Gasteiger charge is -2.02. The van der Waals surface area contributed by atoms with E-state index in [0.29, 0.717) is 11.3 Å². The van der Waals surface area contributed by atoms with Crippen molar-refractivity contribution in [1.29, 1.82) is 0 Å². The molecule has 0 atom stereocenters. The molecule has 2 aromatic carbocycles. The predicted molar refractivity (Wildman–Crippen MR) is 80.0 cm³/mol. The van der Waals surface area contributed by atoms with E-state index in [2.05, 4.69) is 0 Å². The Labute approximate surface area is 121 Å². The molecule has 2 aromatic rings. The highest BCUT2D eigenvalue weighted by Gasteiger charge is 2.11. The number of carbonyl (C=O) groups is 1. The zero-order valence-electron chi connectivity index (χ0n) is 10.7. The van der Waals surface area contributed by atoms with E-state index in [1.54, 1.807) is 6.07 Å². The van der Waals surface area contributed by atoms with Crippen molar-refractivity contribution in [2.45, 2.75) is 5.75 Å². The van der Waals surface area contributed by atoms with Crippen LogP contribution in [0.25, 0.3) is 0 Å². The number of non-ortho nitro benzene ring substituents is 1. The number of nitro benzene ring substituents is 1. The van der Waals surface area contributed by atoms with Crippen molar-refractivity contribution in [3.8, 4) is 0 Å². The van der Waals surface area contributed by atoms with Gasteiger partial charge in [0, 0.05) is 23.4 Å². The van der Waals surface area contributed by atoms with Crippen molar-refractivity contribution < 1.29 is 9.72 Å². The Morgan fingerprint density at radius 3 is 2.55 bits per heavy atom. The summed E-state index contributed by atoms with van der Waals surface area (Å²) in [4.78, 5) is 22.1. The van der Waals surface area contributed by atoms with Gasteiger partial charge in [-0.1, -0.05) is 42.5 Å². The van der Waals surface area contributed by atoms with E-state index in [-0.39, 0.29) is 11.5 Å². The van der Waals surface area contributed by atoms with Crippen molar-refractivity contribution >= 4 is 23.2 Å². The van der Waals surface area contributed by atoms with Gasteiger partial charge in [0.25, 0.3) is 5.69 Å². The molecule has 0 aliphatic carbocycles. The standard InChI is InChI=1S/C15H13NO3S/c17-15(11-20-10-12-5-2-1-3-6-12)13-7-4-8-14(9-13)16(18)19/h1-9H,10-11H2. The molecule has 0 aliphatic rings. The van der Waals surface area contributed by atoms with Crippen LogP contribution in [0.5, 0.6) is 0 Å². The molecule has 0 aromatic heterocycles. The van der Waals surface area contributed by atoms with E-state index in [0.717, 1.165) is 11.3 Å². The minimum atomic E-state index is -0.492. The van der Waals surface area contributed by atoms with Crippen molar-refractivity contribution in [2.75, 3.05) is 5.75 Å². The molecule has 0 N–H and O–H groups in total. The molecule has 0 aliphatic heterocycles. The molecule has 0 radical (unpaired) electrons. The molecule has 0 heterocycles. The smallest absolute Gasteiger partial charge is 0.270 e. The minimum absolute atomic E-state index is 0.0519. The number of nitro groups is 1. The molecular weight excluding hydrogens is 274 g/mol. The summed E-state index contributed by atoms with van der Waals surface area (Å²) in [5.41, 5.74) is 1.49. The lowest BCUT2D eigenvalue weighted by molar-refractivity contribution is -0.384. The normalized spacial score (nSPS) is 10.2. The van der Waals surface area contributed by atoms with Crippen LogP contribution in [0.1, 0.15) is 15.9 Å². The van der Waals surface area contributed by atoms with Gasteiger partial charge in [0.2, 0.25) is 0 Å². The van der Waals surface area contributed by atoms with Crippen LogP contribution in [0, 0.1) is 10.1 Å². The van der Waals surface area contributed by atoms with Gasteiger partial charge >= 0.3 is 0 Å². The molecule has 102 valence electrons. The van der Waals surface area contributed by atoms with Crippen LogP contribution in [0.3, 0.4) is 0 Å². The monoisotopic (exact) mass is 287 g/mol. The van der Waals surface area contributed by atoms with Gasteiger partial charge in [-0.25, -0.2) is 0 Å². The fourth-order valence-electron chi connectivity index (χ4n) is 1.71. The van der Waals surface area contributed by atoms with Gasteiger partial charge in [-0.3, -0.25) is 14.9 Å². The fourth-order valence-corrected chi connectivity index (χ4v) is 2.59. The Morgan fingerprint density at radius 2 is 1.85 bits per heavy atom. The van der Waals surface area contributed by atoms with Gasteiger partial charge in [0.05, 0.1) is 10.7 Å². The summed E-state index contributed by atoms with van der Waals surface area (Å²) < 4.78 is 0. The molecule has 0 amide bonds. The molecule has 20 heavy (non-hydrogen) atoms. The van der Waals surface area contributed by atoms with Crippen LogP contribution in [-0.2, 0) is 5.75 Å². The average molecular weight is 287 g/mol. The number of nitrogens with zero attached hydrogens (tertiary/aromatic N) is 1. The second kappa shape index (κ2) is 6.86. The van der Waals surface area contributed by atoms with Crippen molar-refractivity contribution in [2.24, 2.45) is 0 Å². The third kappa shape index (κ3) is 3.93. The van der Waals surface area contributed by atoms with Crippen LogP contribution >= 0.6 is 11.8 Å². The maximum absolute atomic E-state index is 12.0. The Hall–Kier alpha value is -2.14. The Bertz CT molecular complexity index is 614. The topological polar surface area (TPSA) is 60.2 Å². The molecule has 0 spiro atoms. The third-order valence-corrected chi connectivity index (χ3v) is 3.73. The second-order valence-electron chi connectivity index (χ2n) is 4.21. The van der Waals surface area contributed by atoms with Gasteiger partial charge < -0.3 is 0 Å². The summed E-state index contributed by atoms with van der Waals surface area (Å²) in [7, 11) is 0. The van der Waals surface area contributed by atoms with Gasteiger partial charge in [-0.15, -0.1) is 11.8 Å². The fraction of sp³-hybridized carbons (Fsp3) is 0.133. The quantitative estimate of drug-likeness (QED) is 0.461. The third-order valence-electron chi connectivity index (χ3n) is 2.72. The maximum atomic E-state index is 12.0. The molecule has 0 bridgehead atoms. The Balaban J connectivity index is 1.92. The highest BCUT2D eigenvalue weighted by atomic mass is 32.2. The second-order valence-corrected chi connectivity index (χ2v) is 5.19. The lowest BCUT2D eigenvalue weighted by atomic mass is 10.1. The van der Waals surface area contributed by atoms with Crippen LogP contribution in [0.15, 0.2) is 54.6 Å². The molecule has 2 rings (SSSR count).